The Kier molecular flexibility index (Phi) is 6.17. The van der Waals surface area contributed by atoms with Crippen molar-refractivity contribution >= 4 is 11.4 Å². The highest BCUT2D eigenvalue weighted by atomic mass is 19.4. The third kappa shape index (κ3) is 4.94. The molecule has 1 aromatic rings. The first kappa shape index (κ1) is 16.7. The molecule has 0 unspecified atom stereocenters. The zero-order valence-corrected chi connectivity index (χ0v) is 12.1. The van der Waals surface area contributed by atoms with Gasteiger partial charge in [0.15, 0.2) is 0 Å². The molecule has 0 atom stereocenters. The Morgan fingerprint density at radius 3 is 2.35 bits per heavy atom. The lowest BCUT2D eigenvalue weighted by Crippen LogP contribution is -2.11. The number of hydrogen-bond donors (Lipinski definition) is 2. The SMILES string of the molecule is CCCCCCCNc1cc(C(F)(F)F)c(C)cc1N. The van der Waals surface area contributed by atoms with Crippen LogP contribution >= 0.6 is 0 Å². The summed E-state index contributed by atoms with van der Waals surface area (Å²) in [5.41, 5.74) is 6.04. The standard InChI is InChI=1S/C15H23F3N2/c1-3-4-5-6-7-8-20-14-10-12(15(16,17)18)11(2)9-13(14)19/h9-10,20H,3-8,19H2,1-2H3. The molecule has 20 heavy (non-hydrogen) atoms. The van der Waals surface area contributed by atoms with Crippen molar-refractivity contribution in [3.8, 4) is 0 Å². The Hall–Kier alpha value is -1.39. The van der Waals surface area contributed by atoms with Crippen molar-refractivity contribution < 1.29 is 13.2 Å². The topological polar surface area (TPSA) is 38.0 Å². The number of nitrogens with two attached hydrogens (primary N) is 1. The molecule has 3 N–H and O–H groups in total. The number of nitrogen functional groups attached to an aromatic ring is 1. The summed E-state index contributed by atoms with van der Waals surface area (Å²) < 4.78 is 38.5. The van der Waals surface area contributed by atoms with E-state index in [0.29, 0.717) is 17.9 Å². The van der Waals surface area contributed by atoms with Crippen molar-refractivity contribution in [1.29, 1.82) is 0 Å². The highest BCUT2D eigenvalue weighted by Crippen LogP contribution is 2.35. The molecule has 0 bridgehead atoms. The molecule has 0 heterocycles. The van der Waals surface area contributed by atoms with Crippen molar-refractivity contribution in [3.63, 3.8) is 0 Å². The average Bonchev–Trinajstić information content (AvgIpc) is 2.34. The fourth-order valence-corrected chi connectivity index (χ4v) is 2.14. The van der Waals surface area contributed by atoms with Crippen LogP contribution in [0.15, 0.2) is 12.1 Å². The molecule has 1 aromatic carbocycles. The molecule has 0 aromatic heterocycles. The molecule has 0 saturated heterocycles. The third-order valence-corrected chi connectivity index (χ3v) is 3.30. The summed E-state index contributed by atoms with van der Waals surface area (Å²) in [5, 5.41) is 3.00. The highest BCUT2D eigenvalue weighted by Gasteiger charge is 2.32. The van der Waals surface area contributed by atoms with Gasteiger partial charge in [-0.05, 0) is 31.0 Å². The van der Waals surface area contributed by atoms with Gasteiger partial charge in [0, 0.05) is 6.54 Å². The lowest BCUT2D eigenvalue weighted by Gasteiger charge is -2.15. The third-order valence-electron chi connectivity index (χ3n) is 3.30. The van der Waals surface area contributed by atoms with Gasteiger partial charge in [0.05, 0.1) is 16.9 Å². The van der Waals surface area contributed by atoms with Gasteiger partial charge in [-0.1, -0.05) is 32.6 Å². The fourth-order valence-electron chi connectivity index (χ4n) is 2.14. The van der Waals surface area contributed by atoms with Crippen molar-refractivity contribution in [2.24, 2.45) is 0 Å². The Morgan fingerprint density at radius 2 is 1.75 bits per heavy atom. The summed E-state index contributed by atoms with van der Waals surface area (Å²) in [4.78, 5) is 0. The zero-order chi connectivity index (χ0) is 15.2. The second kappa shape index (κ2) is 7.41. The van der Waals surface area contributed by atoms with E-state index in [0.717, 1.165) is 25.3 Å². The maximum Gasteiger partial charge on any atom is 0.416 e. The maximum absolute atomic E-state index is 12.8. The van der Waals surface area contributed by atoms with Crippen LogP contribution in [0.25, 0.3) is 0 Å². The molecule has 0 amide bonds. The molecule has 5 heteroatoms. The van der Waals surface area contributed by atoms with Crippen molar-refractivity contribution in [1.82, 2.24) is 0 Å². The first-order chi connectivity index (χ1) is 9.36. The van der Waals surface area contributed by atoms with Gasteiger partial charge in [-0.2, -0.15) is 13.2 Å². The van der Waals surface area contributed by atoms with Crippen LogP contribution in [0.3, 0.4) is 0 Å². The summed E-state index contributed by atoms with van der Waals surface area (Å²) in [6.07, 6.45) is 1.22. The van der Waals surface area contributed by atoms with Crippen LogP contribution in [0, 0.1) is 6.92 Å². The summed E-state index contributed by atoms with van der Waals surface area (Å²) in [7, 11) is 0. The molecule has 0 radical (unpaired) electrons. The van der Waals surface area contributed by atoms with E-state index >= 15 is 0 Å². The predicted molar refractivity (Wildman–Crippen MR) is 77.8 cm³/mol. The van der Waals surface area contributed by atoms with E-state index < -0.39 is 11.7 Å². The highest BCUT2D eigenvalue weighted by molar-refractivity contribution is 5.69. The van der Waals surface area contributed by atoms with E-state index in [2.05, 4.69) is 12.2 Å². The van der Waals surface area contributed by atoms with Gasteiger partial charge in [0.2, 0.25) is 0 Å². The largest absolute Gasteiger partial charge is 0.416 e. The summed E-state index contributed by atoms with van der Waals surface area (Å²) in [6.45, 7) is 4.21. The molecular formula is C15H23F3N2. The molecule has 0 spiro atoms. The van der Waals surface area contributed by atoms with Gasteiger partial charge in [0.1, 0.15) is 0 Å². The first-order valence-electron chi connectivity index (χ1n) is 7.07. The first-order valence-corrected chi connectivity index (χ1v) is 7.07. The Labute approximate surface area is 118 Å². The van der Waals surface area contributed by atoms with Gasteiger partial charge >= 0.3 is 6.18 Å². The minimum absolute atomic E-state index is 0.156. The van der Waals surface area contributed by atoms with Crippen LogP contribution < -0.4 is 11.1 Å². The zero-order valence-electron chi connectivity index (χ0n) is 12.1. The van der Waals surface area contributed by atoms with E-state index in [-0.39, 0.29) is 5.56 Å². The second-order valence-electron chi connectivity index (χ2n) is 5.09. The fraction of sp³-hybridized carbons (Fsp3) is 0.600. The van der Waals surface area contributed by atoms with Crippen LogP contribution in [-0.2, 0) is 6.18 Å². The molecule has 1 rings (SSSR count). The molecular weight excluding hydrogens is 265 g/mol. The number of benzene rings is 1. The minimum atomic E-state index is -4.34. The lowest BCUT2D eigenvalue weighted by molar-refractivity contribution is -0.138. The number of rotatable bonds is 7. The Bertz CT molecular complexity index is 428. The van der Waals surface area contributed by atoms with Gasteiger partial charge < -0.3 is 11.1 Å². The van der Waals surface area contributed by atoms with Crippen LogP contribution in [-0.4, -0.2) is 6.54 Å². The number of alkyl halides is 3. The van der Waals surface area contributed by atoms with Crippen LogP contribution in [0.2, 0.25) is 0 Å². The molecule has 0 aliphatic rings. The van der Waals surface area contributed by atoms with Gasteiger partial charge in [0.25, 0.3) is 0 Å². The van der Waals surface area contributed by atoms with E-state index in [1.54, 1.807) is 0 Å². The summed E-state index contributed by atoms with van der Waals surface area (Å²) >= 11 is 0. The summed E-state index contributed by atoms with van der Waals surface area (Å²) in [5.74, 6) is 0. The van der Waals surface area contributed by atoms with Crippen molar-refractivity contribution in [2.45, 2.75) is 52.1 Å². The van der Waals surface area contributed by atoms with E-state index in [9.17, 15) is 13.2 Å². The van der Waals surface area contributed by atoms with Crippen LogP contribution in [0.4, 0.5) is 24.5 Å². The maximum atomic E-state index is 12.8. The van der Waals surface area contributed by atoms with Crippen LogP contribution in [0.1, 0.15) is 50.2 Å². The van der Waals surface area contributed by atoms with E-state index in [1.165, 1.54) is 25.8 Å². The molecule has 0 aliphatic carbocycles. The van der Waals surface area contributed by atoms with Crippen molar-refractivity contribution in [2.75, 3.05) is 17.6 Å². The van der Waals surface area contributed by atoms with Gasteiger partial charge in [-0.3, -0.25) is 0 Å². The van der Waals surface area contributed by atoms with Crippen molar-refractivity contribution in [3.05, 3.63) is 23.3 Å². The second-order valence-corrected chi connectivity index (χ2v) is 5.09. The number of hydrogen-bond acceptors (Lipinski definition) is 2. The van der Waals surface area contributed by atoms with Gasteiger partial charge in [-0.25, -0.2) is 0 Å². The number of nitrogens with one attached hydrogen (secondary N) is 1. The predicted octanol–water partition coefficient (Wildman–Crippen LogP) is 4.98. The minimum Gasteiger partial charge on any atom is -0.397 e. The number of unbranched alkanes of at least 4 members (excludes halogenated alkanes) is 4. The Morgan fingerprint density at radius 1 is 1.10 bits per heavy atom. The monoisotopic (exact) mass is 288 g/mol. The average molecular weight is 288 g/mol. The molecule has 0 saturated carbocycles. The molecule has 114 valence electrons. The quantitative estimate of drug-likeness (QED) is 0.548. The summed E-state index contributed by atoms with van der Waals surface area (Å²) in [6, 6.07) is 2.49. The number of aryl methyl sites for hydroxylation is 1. The number of anilines is 2. The smallest absolute Gasteiger partial charge is 0.397 e. The van der Waals surface area contributed by atoms with E-state index in [4.69, 9.17) is 5.73 Å². The number of halogens is 3. The normalized spacial score (nSPS) is 11.7. The lowest BCUT2D eigenvalue weighted by atomic mass is 10.1. The molecule has 2 nitrogen and oxygen atoms in total. The van der Waals surface area contributed by atoms with Crippen LogP contribution in [0.5, 0.6) is 0 Å². The molecule has 0 fully saturated rings. The molecule has 0 aliphatic heterocycles. The Balaban J connectivity index is 2.62. The van der Waals surface area contributed by atoms with E-state index in [1.807, 2.05) is 0 Å². The van der Waals surface area contributed by atoms with Gasteiger partial charge in [-0.15, -0.1) is 0 Å².